The van der Waals surface area contributed by atoms with Crippen LogP contribution in [0, 0.1) is 13.8 Å². The van der Waals surface area contributed by atoms with Crippen molar-refractivity contribution in [3.63, 3.8) is 0 Å². The van der Waals surface area contributed by atoms with Crippen LogP contribution in [0.5, 0.6) is 0 Å². The van der Waals surface area contributed by atoms with Gasteiger partial charge in [0, 0.05) is 12.6 Å². The summed E-state index contributed by atoms with van der Waals surface area (Å²) in [7, 11) is 0. The van der Waals surface area contributed by atoms with E-state index in [1.54, 1.807) is 24.3 Å². The van der Waals surface area contributed by atoms with Gasteiger partial charge in [-0.05, 0) is 42.7 Å². The van der Waals surface area contributed by atoms with Crippen LogP contribution >= 0.6 is 0 Å². The second-order valence-corrected chi connectivity index (χ2v) is 8.22. The van der Waals surface area contributed by atoms with Gasteiger partial charge in [-0.25, -0.2) is 4.98 Å². The average Bonchev–Trinajstić information content (AvgIpc) is 2.82. The van der Waals surface area contributed by atoms with Crippen molar-refractivity contribution >= 4 is 34.4 Å². The lowest BCUT2D eigenvalue weighted by Crippen LogP contribution is -2.38. The molecule has 1 N–H and O–H groups in total. The third kappa shape index (κ3) is 4.73. The van der Waals surface area contributed by atoms with E-state index in [2.05, 4.69) is 10.3 Å². The average molecular weight is 455 g/mol. The Morgan fingerprint density at radius 1 is 0.912 bits per heavy atom. The van der Waals surface area contributed by atoms with Gasteiger partial charge in [0.05, 0.1) is 17.6 Å². The van der Waals surface area contributed by atoms with Crippen molar-refractivity contribution in [2.75, 3.05) is 10.2 Å². The van der Waals surface area contributed by atoms with Crippen LogP contribution in [0.4, 0.5) is 11.5 Å². The number of nitrogens with one attached hydrogen (secondary N) is 1. The first-order valence-corrected chi connectivity index (χ1v) is 11.0. The van der Waals surface area contributed by atoms with E-state index < -0.39 is 5.56 Å². The maximum absolute atomic E-state index is 13.6. The Kier molecular flexibility index (Phi) is 6.54. The number of rotatable bonds is 6. The molecule has 0 spiro atoms. The van der Waals surface area contributed by atoms with Gasteiger partial charge in [-0.15, -0.1) is 0 Å². The maximum atomic E-state index is 13.6. The van der Waals surface area contributed by atoms with E-state index in [0.717, 1.165) is 22.4 Å². The molecule has 0 saturated carbocycles. The van der Waals surface area contributed by atoms with Crippen LogP contribution in [0.15, 0.2) is 77.6 Å². The molecule has 0 aliphatic rings. The van der Waals surface area contributed by atoms with Crippen LogP contribution in [-0.4, -0.2) is 21.4 Å². The highest BCUT2D eigenvalue weighted by molar-refractivity contribution is 5.94. The number of hydrogen-bond acceptors (Lipinski definition) is 4. The van der Waals surface area contributed by atoms with Gasteiger partial charge in [-0.2, -0.15) is 0 Å². The number of fused-ring (bicyclic) bond motifs is 1. The zero-order chi connectivity index (χ0) is 24.2. The highest BCUT2D eigenvalue weighted by atomic mass is 16.2. The van der Waals surface area contributed by atoms with Crippen LogP contribution < -0.4 is 15.8 Å². The van der Waals surface area contributed by atoms with Gasteiger partial charge in [-0.3, -0.25) is 23.9 Å². The van der Waals surface area contributed by atoms with E-state index in [0.29, 0.717) is 11.0 Å². The Bertz CT molecular complexity index is 1410. The summed E-state index contributed by atoms with van der Waals surface area (Å²) in [6.07, 6.45) is 0. The van der Waals surface area contributed by atoms with Gasteiger partial charge in [0.25, 0.3) is 5.56 Å². The number of benzene rings is 3. The normalized spacial score (nSPS) is 10.8. The van der Waals surface area contributed by atoms with E-state index >= 15 is 0 Å². The Morgan fingerprint density at radius 2 is 1.56 bits per heavy atom. The Morgan fingerprint density at radius 3 is 2.24 bits per heavy atom. The third-order valence-corrected chi connectivity index (χ3v) is 5.70. The van der Waals surface area contributed by atoms with Crippen molar-refractivity contribution in [2.24, 2.45) is 0 Å². The zero-order valence-corrected chi connectivity index (χ0v) is 19.4. The van der Waals surface area contributed by atoms with Gasteiger partial charge >= 0.3 is 0 Å². The minimum atomic E-state index is -0.499. The summed E-state index contributed by atoms with van der Waals surface area (Å²) in [4.78, 5) is 45.0. The lowest BCUT2D eigenvalue weighted by Gasteiger charge is -2.22. The van der Waals surface area contributed by atoms with Gasteiger partial charge in [0.2, 0.25) is 17.6 Å². The summed E-state index contributed by atoms with van der Waals surface area (Å²) in [6, 6.07) is 22.3. The second kappa shape index (κ2) is 9.70. The van der Waals surface area contributed by atoms with Crippen molar-refractivity contribution in [1.82, 2.24) is 9.55 Å². The number of amides is 2. The van der Waals surface area contributed by atoms with E-state index in [4.69, 9.17) is 0 Å². The SMILES string of the molecule is CC(=O)N(Cc1ccccc1)c1nc2ccccc2n(CC(=O)Nc2c(C)cccc2C)c1=O. The van der Waals surface area contributed by atoms with Gasteiger partial charge < -0.3 is 5.32 Å². The van der Waals surface area contributed by atoms with E-state index in [-0.39, 0.29) is 30.7 Å². The van der Waals surface area contributed by atoms with Crippen molar-refractivity contribution in [1.29, 1.82) is 0 Å². The van der Waals surface area contributed by atoms with Crippen LogP contribution in [0.25, 0.3) is 11.0 Å². The second-order valence-electron chi connectivity index (χ2n) is 8.22. The summed E-state index contributed by atoms with van der Waals surface area (Å²) in [5.74, 6) is -0.649. The molecule has 0 radical (unpaired) electrons. The fourth-order valence-electron chi connectivity index (χ4n) is 3.95. The number of carbonyl (C=O) groups is 2. The largest absolute Gasteiger partial charge is 0.324 e. The van der Waals surface area contributed by atoms with E-state index in [1.165, 1.54) is 16.4 Å². The first-order valence-electron chi connectivity index (χ1n) is 11.0. The fraction of sp³-hybridized carbons (Fsp3) is 0.185. The van der Waals surface area contributed by atoms with Gasteiger partial charge in [0.15, 0.2) is 0 Å². The predicted molar refractivity (Wildman–Crippen MR) is 134 cm³/mol. The summed E-state index contributed by atoms with van der Waals surface area (Å²) >= 11 is 0. The molecule has 0 fully saturated rings. The van der Waals surface area contributed by atoms with Gasteiger partial charge in [0.1, 0.15) is 6.54 Å². The Balaban J connectivity index is 1.76. The molecule has 0 unspecified atom stereocenters. The molecular formula is C27H26N4O3. The van der Waals surface area contributed by atoms with E-state index in [9.17, 15) is 14.4 Å². The summed E-state index contributed by atoms with van der Waals surface area (Å²) in [6.45, 7) is 5.23. The van der Waals surface area contributed by atoms with Crippen molar-refractivity contribution in [2.45, 2.75) is 33.9 Å². The first kappa shape index (κ1) is 22.9. The molecule has 0 aliphatic heterocycles. The molecule has 2 amide bonds. The Hall–Kier alpha value is -4.26. The molecular weight excluding hydrogens is 428 g/mol. The third-order valence-electron chi connectivity index (χ3n) is 5.70. The molecule has 1 aromatic heterocycles. The van der Waals surface area contributed by atoms with Crippen LogP contribution in [0.1, 0.15) is 23.6 Å². The van der Waals surface area contributed by atoms with E-state index in [1.807, 2.05) is 62.4 Å². The fourth-order valence-corrected chi connectivity index (χ4v) is 3.95. The van der Waals surface area contributed by atoms with Crippen molar-refractivity contribution in [3.8, 4) is 0 Å². The highest BCUT2D eigenvalue weighted by Gasteiger charge is 2.22. The first-order chi connectivity index (χ1) is 16.3. The molecule has 0 saturated heterocycles. The minimum absolute atomic E-state index is 0.00470. The predicted octanol–water partition coefficient (Wildman–Crippen LogP) is 4.21. The standard InChI is InChI=1S/C27H26N4O3/c1-18-10-9-11-19(2)25(18)29-24(33)17-31-23-15-8-7-14-22(23)28-26(27(31)34)30(20(3)32)16-21-12-5-4-6-13-21/h4-15H,16-17H2,1-3H3,(H,29,33). The molecule has 7 heteroatoms. The topological polar surface area (TPSA) is 84.3 Å². The molecule has 172 valence electrons. The van der Waals surface area contributed by atoms with Crippen molar-refractivity contribution in [3.05, 3.63) is 99.8 Å². The number of hydrogen-bond donors (Lipinski definition) is 1. The van der Waals surface area contributed by atoms with Crippen LogP contribution in [0.3, 0.4) is 0 Å². The molecule has 34 heavy (non-hydrogen) atoms. The summed E-state index contributed by atoms with van der Waals surface area (Å²) < 4.78 is 1.38. The zero-order valence-electron chi connectivity index (χ0n) is 19.4. The number of anilines is 2. The number of aryl methyl sites for hydroxylation is 2. The van der Waals surface area contributed by atoms with Gasteiger partial charge in [-0.1, -0.05) is 60.7 Å². The van der Waals surface area contributed by atoms with Crippen molar-refractivity contribution < 1.29 is 9.59 Å². The lowest BCUT2D eigenvalue weighted by atomic mass is 10.1. The monoisotopic (exact) mass is 454 g/mol. The molecule has 4 rings (SSSR count). The molecule has 3 aromatic carbocycles. The number of para-hydroxylation sites is 3. The summed E-state index contributed by atoms with van der Waals surface area (Å²) in [5, 5.41) is 2.93. The molecule has 7 nitrogen and oxygen atoms in total. The lowest BCUT2D eigenvalue weighted by molar-refractivity contribution is -0.117. The smallest absolute Gasteiger partial charge is 0.294 e. The Labute approximate surface area is 197 Å². The van der Waals surface area contributed by atoms with Crippen LogP contribution in [-0.2, 0) is 22.7 Å². The molecule has 0 aliphatic carbocycles. The number of nitrogens with zero attached hydrogens (tertiary/aromatic N) is 3. The molecule has 0 atom stereocenters. The molecule has 0 bridgehead atoms. The molecule has 1 heterocycles. The highest BCUT2D eigenvalue weighted by Crippen LogP contribution is 2.20. The molecule has 4 aromatic rings. The number of aromatic nitrogens is 2. The summed E-state index contributed by atoms with van der Waals surface area (Å²) in [5.41, 5.74) is 4.02. The quantitative estimate of drug-likeness (QED) is 0.473. The number of carbonyl (C=O) groups excluding carboxylic acids is 2. The maximum Gasteiger partial charge on any atom is 0.294 e. The van der Waals surface area contributed by atoms with Crippen LogP contribution in [0.2, 0.25) is 0 Å². The minimum Gasteiger partial charge on any atom is -0.324 e.